The first-order valence-corrected chi connectivity index (χ1v) is 13.1. The van der Waals surface area contributed by atoms with Crippen LogP contribution >= 0.6 is 0 Å². The Kier molecular flexibility index (Phi) is 8.28. The number of nitrogens with one attached hydrogen (secondary N) is 1. The minimum Gasteiger partial charge on any atom is -0.454 e. The average molecular weight is 604 g/mol. The van der Waals surface area contributed by atoms with Crippen LogP contribution in [0.25, 0.3) is 5.82 Å². The van der Waals surface area contributed by atoms with Crippen molar-refractivity contribution in [2.24, 2.45) is 0 Å². The van der Waals surface area contributed by atoms with Gasteiger partial charge in [-0.1, -0.05) is 0 Å². The molecule has 1 saturated heterocycles. The number of nitrogens with two attached hydrogens (primary N) is 1. The van der Waals surface area contributed by atoms with E-state index in [1.54, 1.807) is 0 Å². The zero-order chi connectivity index (χ0) is 30.9. The summed E-state index contributed by atoms with van der Waals surface area (Å²) in [7, 11) is 0. The van der Waals surface area contributed by atoms with Gasteiger partial charge in [0.15, 0.2) is 28.9 Å². The van der Waals surface area contributed by atoms with E-state index in [-0.39, 0.29) is 39.9 Å². The monoisotopic (exact) mass is 603 g/mol. The van der Waals surface area contributed by atoms with Gasteiger partial charge in [-0.25, -0.2) is 23.4 Å². The number of pyridine rings is 2. The van der Waals surface area contributed by atoms with E-state index in [0.717, 1.165) is 18.3 Å². The number of nitrogens with zero attached hydrogens (tertiary/aromatic N) is 5. The summed E-state index contributed by atoms with van der Waals surface area (Å²) in [6.45, 7) is 5.58. The zero-order valence-electron chi connectivity index (χ0n) is 22.9. The number of anilines is 2. The van der Waals surface area contributed by atoms with Crippen LogP contribution in [0.3, 0.4) is 0 Å². The quantitative estimate of drug-likeness (QED) is 0.277. The molecule has 1 fully saturated rings. The largest absolute Gasteiger partial charge is 0.454 e. The molecule has 15 heteroatoms. The highest BCUT2D eigenvalue weighted by atomic mass is 19.4. The highest BCUT2D eigenvalue weighted by Crippen LogP contribution is 2.35. The predicted molar refractivity (Wildman–Crippen MR) is 145 cm³/mol. The minimum atomic E-state index is -5.10. The molecule has 3 aromatic heterocycles. The average Bonchev–Trinajstić information content (AvgIpc) is 3.38. The molecule has 0 radical (unpaired) electrons. The van der Waals surface area contributed by atoms with Crippen molar-refractivity contribution in [3.8, 4) is 17.3 Å². The molecule has 1 aliphatic heterocycles. The van der Waals surface area contributed by atoms with E-state index < -0.39 is 40.8 Å². The number of hydrogen-bond donors (Lipinski definition) is 2. The number of aromatic nitrogens is 4. The number of hydrogen-bond acceptors (Lipinski definition) is 8. The molecule has 5 rings (SSSR count). The first kappa shape index (κ1) is 29.8. The third-order valence-corrected chi connectivity index (χ3v) is 6.55. The van der Waals surface area contributed by atoms with Crippen LogP contribution in [-0.4, -0.2) is 55.9 Å². The van der Waals surface area contributed by atoms with Gasteiger partial charge in [0.05, 0.1) is 29.5 Å². The Balaban J connectivity index is 1.36. The molecule has 1 amide bonds. The fourth-order valence-corrected chi connectivity index (χ4v) is 4.84. The van der Waals surface area contributed by atoms with Crippen LogP contribution in [0.2, 0.25) is 0 Å². The minimum absolute atomic E-state index is 0.00365. The molecule has 43 heavy (non-hydrogen) atoms. The fraction of sp³-hybridized carbons (Fsp3) is 0.286. The Morgan fingerprint density at radius 1 is 1.07 bits per heavy atom. The summed E-state index contributed by atoms with van der Waals surface area (Å²) in [6, 6.07) is 6.99. The Bertz CT molecular complexity index is 1640. The Morgan fingerprint density at radius 3 is 2.49 bits per heavy atom. The van der Waals surface area contributed by atoms with Crippen LogP contribution in [0.15, 0.2) is 55.0 Å². The van der Waals surface area contributed by atoms with Crippen LogP contribution in [-0.2, 0) is 17.5 Å². The third kappa shape index (κ3) is 6.57. The number of carbonyl (C=O) groups is 1. The number of carbonyl (C=O) groups excluding carboxylic acids is 1. The van der Waals surface area contributed by atoms with Gasteiger partial charge in [0, 0.05) is 43.8 Å². The Morgan fingerprint density at radius 2 is 1.81 bits per heavy atom. The van der Waals surface area contributed by atoms with Gasteiger partial charge in [0.25, 0.3) is 5.91 Å². The van der Waals surface area contributed by atoms with Gasteiger partial charge in [-0.15, -0.1) is 0 Å². The van der Waals surface area contributed by atoms with Gasteiger partial charge in [-0.2, -0.15) is 18.3 Å². The maximum absolute atomic E-state index is 15.1. The highest BCUT2D eigenvalue weighted by Gasteiger charge is 2.41. The van der Waals surface area contributed by atoms with E-state index in [9.17, 15) is 22.4 Å². The van der Waals surface area contributed by atoms with E-state index >= 15 is 4.39 Å². The lowest BCUT2D eigenvalue weighted by atomic mass is 10.1. The summed E-state index contributed by atoms with van der Waals surface area (Å²) in [4.78, 5) is 22.7. The van der Waals surface area contributed by atoms with Crippen molar-refractivity contribution in [1.29, 1.82) is 0 Å². The van der Waals surface area contributed by atoms with Gasteiger partial charge in [-0.3, -0.25) is 9.69 Å². The predicted octanol–water partition coefficient (Wildman–Crippen LogP) is 5.20. The molecule has 226 valence electrons. The molecule has 4 heterocycles. The number of nitrogen functional groups attached to an aromatic ring is 1. The molecule has 0 spiro atoms. The number of rotatable bonds is 7. The van der Waals surface area contributed by atoms with Gasteiger partial charge < -0.3 is 20.5 Å². The lowest BCUT2D eigenvalue weighted by molar-refractivity contribution is -0.143. The molecule has 1 aromatic carbocycles. The lowest BCUT2D eigenvalue weighted by Crippen LogP contribution is -2.45. The van der Waals surface area contributed by atoms with Gasteiger partial charge in [-0.05, 0) is 44.2 Å². The van der Waals surface area contributed by atoms with Gasteiger partial charge >= 0.3 is 6.18 Å². The zero-order valence-corrected chi connectivity index (χ0v) is 22.9. The second-order valence-corrected chi connectivity index (χ2v) is 9.95. The number of benzene rings is 1. The first-order valence-electron chi connectivity index (χ1n) is 13.1. The number of alkyl halides is 3. The molecule has 0 bridgehead atoms. The molecule has 0 saturated carbocycles. The highest BCUT2D eigenvalue weighted by molar-refractivity contribution is 6.05. The molecule has 2 atom stereocenters. The van der Waals surface area contributed by atoms with Crippen molar-refractivity contribution in [3.05, 3.63) is 83.4 Å². The molecule has 10 nitrogen and oxygen atoms in total. The molecule has 1 aliphatic rings. The summed E-state index contributed by atoms with van der Waals surface area (Å²) >= 11 is 0. The normalized spacial score (nSPS) is 17.6. The summed E-state index contributed by atoms with van der Waals surface area (Å²) in [5, 5.41) is 5.75. The standard InChI is InChI=1S/C28H26F5N7O3/c1-15-12-39(13-16(2)42-15)14-19-22(7-9-35-25(19)34)43-23-6-5-17(10-21(23)30)38-27(41)18-11-37-40(24(18)28(31,32)33)26-20(29)4-3-8-36-26/h3-11,15-16H,12-14H2,1-2H3,(H2,34,35)(H,38,41)/t15-,16+. The number of ether oxygens (including phenoxy) is 2. The van der Waals surface area contributed by atoms with Crippen molar-refractivity contribution >= 4 is 17.4 Å². The molecule has 3 N–H and O–H groups in total. The summed E-state index contributed by atoms with van der Waals surface area (Å²) in [5.74, 6) is -3.72. The SMILES string of the molecule is C[C@@H]1CN(Cc2c(Oc3ccc(NC(=O)c4cnn(-c5ncccc5F)c4C(F)(F)F)cc3F)ccnc2N)C[C@H](C)O1. The molecular weight excluding hydrogens is 577 g/mol. The maximum atomic E-state index is 15.1. The van der Waals surface area contributed by atoms with Crippen molar-refractivity contribution in [1.82, 2.24) is 24.6 Å². The van der Waals surface area contributed by atoms with Crippen molar-refractivity contribution in [3.63, 3.8) is 0 Å². The van der Waals surface area contributed by atoms with E-state index in [0.29, 0.717) is 31.4 Å². The second kappa shape index (κ2) is 11.9. The fourth-order valence-electron chi connectivity index (χ4n) is 4.84. The number of amides is 1. The van der Waals surface area contributed by atoms with E-state index in [2.05, 4.69) is 25.3 Å². The summed E-state index contributed by atoms with van der Waals surface area (Å²) < 4.78 is 82.9. The van der Waals surface area contributed by atoms with E-state index in [1.165, 1.54) is 30.5 Å². The van der Waals surface area contributed by atoms with Crippen LogP contribution in [0.1, 0.15) is 35.5 Å². The van der Waals surface area contributed by atoms with Gasteiger partial charge in [0.2, 0.25) is 0 Å². The molecule has 0 aliphatic carbocycles. The van der Waals surface area contributed by atoms with Crippen LogP contribution in [0, 0.1) is 11.6 Å². The summed E-state index contributed by atoms with van der Waals surface area (Å²) in [6.07, 6.45) is -1.96. The van der Waals surface area contributed by atoms with Crippen LogP contribution in [0.4, 0.5) is 33.5 Å². The van der Waals surface area contributed by atoms with Crippen LogP contribution < -0.4 is 15.8 Å². The number of halogens is 5. The molecule has 0 unspecified atom stereocenters. The van der Waals surface area contributed by atoms with Crippen molar-refractivity contribution in [2.75, 3.05) is 24.1 Å². The van der Waals surface area contributed by atoms with E-state index in [4.69, 9.17) is 15.2 Å². The van der Waals surface area contributed by atoms with Crippen molar-refractivity contribution in [2.45, 2.75) is 38.8 Å². The number of morpholine rings is 1. The van der Waals surface area contributed by atoms with Crippen LogP contribution in [0.5, 0.6) is 11.5 Å². The van der Waals surface area contributed by atoms with Crippen molar-refractivity contribution < 1.29 is 36.2 Å². The smallest absolute Gasteiger partial charge is 0.434 e. The first-order chi connectivity index (χ1) is 20.4. The van der Waals surface area contributed by atoms with E-state index in [1.807, 2.05) is 13.8 Å². The second-order valence-electron chi connectivity index (χ2n) is 9.95. The maximum Gasteiger partial charge on any atom is 0.434 e. The third-order valence-electron chi connectivity index (χ3n) is 6.55. The topological polar surface area (TPSA) is 120 Å². The Hall–Kier alpha value is -4.63. The Labute approximate surface area is 242 Å². The summed E-state index contributed by atoms with van der Waals surface area (Å²) in [5.41, 5.74) is 4.04. The lowest BCUT2D eigenvalue weighted by Gasteiger charge is -2.35. The molecule has 4 aromatic rings. The van der Waals surface area contributed by atoms with Gasteiger partial charge in [0.1, 0.15) is 11.6 Å². The molecular formula is C28H26F5N7O3.